The first-order chi connectivity index (χ1) is 9.69. The summed E-state index contributed by atoms with van der Waals surface area (Å²) < 4.78 is 40.3. The number of carbonyl (C=O) groups excluding carboxylic acids is 2. The van der Waals surface area contributed by atoms with Crippen molar-refractivity contribution in [2.45, 2.75) is 76.2 Å². The predicted molar refractivity (Wildman–Crippen MR) is 70.4 cm³/mol. The van der Waals surface area contributed by atoms with Gasteiger partial charge in [0.1, 0.15) is 17.1 Å². The minimum Gasteiger partial charge on any atom is -0.340 e. The van der Waals surface area contributed by atoms with Crippen LogP contribution in [0.5, 0.6) is 0 Å². The number of hydrogen-bond acceptors (Lipinski definition) is 2. The Balaban J connectivity index is 2.49. The van der Waals surface area contributed by atoms with Crippen molar-refractivity contribution in [3.05, 3.63) is 0 Å². The van der Waals surface area contributed by atoms with Crippen LogP contribution in [0.25, 0.3) is 0 Å². The smallest absolute Gasteiger partial charge is 0.340 e. The molecule has 0 bridgehead atoms. The van der Waals surface area contributed by atoms with Gasteiger partial charge in [0.05, 0.1) is 0 Å². The number of carbonyl (C=O) groups is 2. The Morgan fingerprint density at radius 1 is 1.19 bits per heavy atom. The highest BCUT2D eigenvalue weighted by Gasteiger charge is 2.71. The van der Waals surface area contributed by atoms with E-state index in [0.29, 0.717) is 0 Å². The summed E-state index contributed by atoms with van der Waals surface area (Å²) in [6.45, 7) is 5.04. The van der Waals surface area contributed by atoms with Crippen LogP contribution in [0.3, 0.4) is 0 Å². The van der Waals surface area contributed by atoms with E-state index in [-0.39, 0.29) is 32.1 Å². The first kappa shape index (κ1) is 16.1. The van der Waals surface area contributed by atoms with Gasteiger partial charge in [0, 0.05) is 0 Å². The van der Waals surface area contributed by atoms with Gasteiger partial charge in [0.15, 0.2) is 0 Å². The molecule has 1 atom stereocenters. The molecule has 21 heavy (non-hydrogen) atoms. The summed E-state index contributed by atoms with van der Waals surface area (Å²) in [6, 6.07) is -1.03. The molecule has 0 spiro atoms. The van der Waals surface area contributed by atoms with Crippen LogP contribution in [0.1, 0.15) is 52.9 Å². The molecule has 2 aliphatic rings. The molecule has 1 saturated heterocycles. The van der Waals surface area contributed by atoms with Gasteiger partial charge in [-0.05, 0) is 32.1 Å². The molecule has 1 heterocycles. The second-order valence-corrected chi connectivity index (χ2v) is 5.91. The summed E-state index contributed by atoms with van der Waals surface area (Å²) in [5.41, 5.74) is -3.35. The van der Waals surface area contributed by atoms with Gasteiger partial charge in [-0.2, -0.15) is 13.2 Å². The van der Waals surface area contributed by atoms with E-state index in [4.69, 9.17) is 0 Å². The third-order valence-electron chi connectivity index (χ3n) is 4.91. The molecular formula is C14H21F3N2O2. The molecule has 2 fully saturated rings. The lowest BCUT2D eigenvalue weighted by Gasteiger charge is -2.49. The Morgan fingerprint density at radius 3 is 2.05 bits per heavy atom. The van der Waals surface area contributed by atoms with Crippen LogP contribution in [0, 0.1) is 0 Å². The first-order valence-electron chi connectivity index (χ1n) is 7.41. The highest BCUT2D eigenvalue weighted by atomic mass is 19.4. The highest BCUT2D eigenvalue weighted by molar-refractivity contribution is 6.00. The molecule has 1 unspecified atom stereocenters. The zero-order chi connectivity index (χ0) is 16.1. The largest absolute Gasteiger partial charge is 0.411 e. The Hall–Kier alpha value is -1.27. The van der Waals surface area contributed by atoms with Gasteiger partial charge >= 0.3 is 6.18 Å². The predicted octanol–water partition coefficient (Wildman–Crippen LogP) is 2.38. The third-order valence-corrected chi connectivity index (χ3v) is 4.91. The lowest BCUT2D eigenvalue weighted by Crippen LogP contribution is -2.73. The zero-order valence-electron chi connectivity index (χ0n) is 12.5. The topological polar surface area (TPSA) is 49.4 Å². The lowest BCUT2D eigenvalue weighted by atomic mass is 9.85. The van der Waals surface area contributed by atoms with Gasteiger partial charge in [-0.3, -0.25) is 9.59 Å². The van der Waals surface area contributed by atoms with Gasteiger partial charge in [0.25, 0.3) is 0 Å². The number of halogens is 3. The number of alkyl halides is 3. The van der Waals surface area contributed by atoms with E-state index >= 15 is 0 Å². The molecule has 7 heteroatoms. The van der Waals surface area contributed by atoms with Crippen molar-refractivity contribution in [3.63, 3.8) is 0 Å². The van der Waals surface area contributed by atoms with E-state index in [1.165, 1.54) is 0 Å². The van der Waals surface area contributed by atoms with Crippen molar-refractivity contribution >= 4 is 11.8 Å². The third kappa shape index (κ3) is 2.12. The fourth-order valence-electron chi connectivity index (χ4n) is 3.23. The van der Waals surface area contributed by atoms with Crippen molar-refractivity contribution in [3.8, 4) is 0 Å². The summed E-state index contributed by atoms with van der Waals surface area (Å²) >= 11 is 0. The lowest BCUT2D eigenvalue weighted by molar-refractivity contribution is -0.212. The second-order valence-electron chi connectivity index (χ2n) is 5.91. The minimum absolute atomic E-state index is 0.116. The Bertz CT molecular complexity index is 454. The van der Waals surface area contributed by atoms with Crippen LogP contribution in [0.4, 0.5) is 13.2 Å². The molecule has 120 valence electrons. The second kappa shape index (κ2) is 4.88. The summed E-state index contributed by atoms with van der Waals surface area (Å²) in [4.78, 5) is 25.9. The standard InChI is InChI=1S/C14H21F3N2O2/c1-4-9-10(20)18-12(5-2,6-3)11(21)19(9)13(7-8-13)14(15,16)17/h9H,4-8H2,1-3H3,(H,18,20). The van der Waals surface area contributed by atoms with Crippen LogP contribution in [0.2, 0.25) is 0 Å². The van der Waals surface area contributed by atoms with Gasteiger partial charge < -0.3 is 10.2 Å². The fraction of sp³-hybridized carbons (Fsp3) is 0.857. The van der Waals surface area contributed by atoms with Gasteiger partial charge in [-0.15, -0.1) is 0 Å². The van der Waals surface area contributed by atoms with Crippen LogP contribution in [-0.4, -0.2) is 40.0 Å². The fourth-order valence-corrected chi connectivity index (χ4v) is 3.23. The van der Waals surface area contributed by atoms with Crippen LogP contribution in [0.15, 0.2) is 0 Å². The van der Waals surface area contributed by atoms with Crippen molar-refractivity contribution in [2.24, 2.45) is 0 Å². The summed E-state index contributed by atoms with van der Waals surface area (Å²) in [5, 5.41) is 2.66. The number of amides is 2. The molecular weight excluding hydrogens is 285 g/mol. The highest BCUT2D eigenvalue weighted by Crippen LogP contribution is 2.55. The van der Waals surface area contributed by atoms with Crippen LogP contribution >= 0.6 is 0 Å². The minimum atomic E-state index is -4.50. The molecule has 2 amide bonds. The maximum atomic E-state index is 13.4. The monoisotopic (exact) mass is 306 g/mol. The molecule has 4 nitrogen and oxygen atoms in total. The zero-order valence-corrected chi connectivity index (χ0v) is 12.5. The van der Waals surface area contributed by atoms with E-state index in [1.54, 1.807) is 20.8 Å². The van der Waals surface area contributed by atoms with Gasteiger partial charge in [0.2, 0.25) is 11.8 Å². The average molecular weight is 306 g/mol. The van der Waals surface area contributed by atoms with Crippen molar-refractivity contribution < 1.29 is 22.8 Å². The summed E-state index contributed by atoms with van der Waals surface area (Å²) in [6.07, 6.45) is -3.98. The molecule has 0 aromatic carbocycles. The molecule has 0 aromatic heterocycles. The quantitative estimate of drug-likeness (QED) is 0.867. The molecule has 0 radical (unpaired) electrons. The van der Waals surface area contributed by atoms with E-state index < -0.39 is 35.1 Å². The van der Waals surface area contributed by atoms with Gasteiger partial charge in [-0.25, -0.2) is 0 Å². The molecule has 0 aromatic rings. The molecule has 2 rings (SSSR count). The number of nitrogens with one attached hydrogen (secondary N) is 1. The van der Waals surface area contributed by atoms with E-state index in [2.05, 4.69) is 5.32 Å². The normalized spacial score (nSPS) is 27.5. The number of piperazine rings is 1. The maximum absolute atomic E-state index is 13.4. The molecule has 1 aliphatic heterocycles. The van der Waals surface area contributed by atoms with Crippen LogP contribution < -0.4 is 5.32 Å². The Morgan fingerprint density at radius 2 is 1.71 bits per heavy atom. The average Bonchev–Trinajstić information content (AvgIpc) is 3.21. The Labute approximate surface area is 122 Å². The van der Waals surface area contributed by atoms with Crippen molar-refractivity contribution in [1.82, 2.24) is 10.2 Å². The first-order valence-corrected chi connectivity index (χ1v) is 7.41. The maximum Gasteiger partial charge on any atom is 0.411 e. The Kier molecular flexibility index (Phi) is 3.74. The summed E-state index contributed by atoms with van der Waals surface area (Å²) in [5.74, 6) is -1.06. The summed E-state index contributed by atoms with van der Waals surface area (Å²) in [7, 11) is 0. The van der Waals surface area contributed by atoms with Crippen LogP contribution in [-0.2, 0) is 9.59 Å². The van der Waals surface area contributed by atoms with Gasteiger partial charge in [-0.1, -0.05) is 20.8 Å². The SMILES string of the molecule is CCC1C(=O)NC(CC)(CC)C(=O)N1C1(C(F)(F)F)CC1. The molecule has 1 aliphatic carbocycles. The number of rotatable bonds is 4. The van der Waals surface area contributed by atoms with Crippen molar-refractivity contribution in [1.29, 1.82) is 0 Å². The molecule has 1 N–H and O–H groups in total. The van der Waals surface area contributed by atoms with E-state index in [9.17, 15) is 22.8 Å². The van der Waals surface area contributed by atoms with Crippen molar-refractivity contribution in [2.75, 3.05) is 0 Å². The number of hydrogen-bond donors (Lipinski definition) is 1. The molecule has 1 saturated carbocycles. The van der Waals surface area contributed by atoms with E-state index in [0.717, 1.165) is 4.90 Å². The number of nitrogens with zero attached hydrogens (tertiary/aromatic N) is 1. The van der Waals surface area contributed by atoms with E-state index in [1.807, 2.05) is 0 Å².